The zero-order valence-electron chi connectivity index (χ0n) is 10.4. The fourth-order valence-electron chi connectivity index (χ4n) is 2.54. The molecule has 0 spiro atoms. The highest BCUT2D eigenvalue weighted by atomic mass is 19.4. The molecule has 1 aromatic carbocycles. The monoisotopic (exact) mass is 274 g/mol. The molecule has 1 aliphatic carbocycles. The van der Waals surface area contributed by atoms with Crippen molar-refractivity contribution in [3.8, 4) is 5.75 Å². The number of hydrogen-bond donors (Lipinski definition) is 1. The molecule has 1 fully saturated rings. The van der Waals surface area contributed by atoms with E-state index in [4.69, 9.17) is 0 Å². The molecule has 1 aromatic rings. The first-order chi connectivity index (χ1) is 8.58. The highest BCUT2D eigenvalue weighted by Gasteiger charge is 2.67. The summed E-state index contributed by atoms with van der Waals surface area (Å²) in [5, 5.41) is 9.34. The van der Waals surface area contributed by atoms with Crippen molar-refractivity contribution in [2.45, 2.75) is 32.0 Å². The van der Waals surface area contributed by atoms with Crippen molar-refractivity contribution in [1.82, 2.24) is 0 Å². The molecule has 0 aromatic heterocycles. The van der Waals surface area contributed by atoms with Gasteiger partial charge in [-0.2, -0.15) is 0 Å². The predicted octanol–water partition coefficient (Wildman–Crippen LogP) is 3.34. The normalized spacial score (nSPS) is 24.9. The molecular formula is C13H13F3O3. The molecule has 19 heavy (non-hydrogen) atoms. The van der Waals surface area contributed by atoms with Crippen LogP contribution in [0.4, 0.5) is 13.2 Å². The van der Waals surface area contributed by atoms with Crippen LogP contribution in [0, 0.1) is 5.41 Å². The third-order valence-electron chi connectivity index (χ3n) is 3.68. The third kappa shape index (κ3) is 2.27. The first kappa shape index (κ1) is 13.7. The first-order valence-electron chi connectivity index (χ1n) is 5.68. The average molecular weight is 274 g/mol. The van der Waals surface area contributed by atoms with Crippen LogP contribution >= 0.6 is 0 Å². The standard InChI is InChI=1S/C13H13F3O3/c1-11(2)7-12(11,10(17)18)8-3-5-9(6-4-8)19-13(14,15)16/h3-6H,7H2,1-2H3,(H,17,18). The van der Waals surface area contributed by atoms with Gasteiger partial charge in [-0.3, -0.25) is 4.79 Å². The molecule has 0 aliphatic heterocycles. The van der Waals surface area contributed by atoms with Crippen LogP contribution in [0.25, 0.3) is 0 Å². The quantitative estimate of drug-likeness (QED) is 0.919. The Hall–Kier alpha value is -1.72. The minimum atomic E-state index is -4.75. The second-order valence-electron chi connectivity index (χ2n) is 5.34. The second kappa shape index (κ2) is 3.88. The van der Waals surface area contributed by atoms with Crippen LogP contribution in [0.15, 0.2) is 24.3 Å². The summed E-state index contributed by atoms with van der Waals surface area (Å²) in [6.45, 7) is 3.64. The Kier molecular flexibility index (Phi) is 2.80. The van der Waals surface area contributed by atoms with Crippen molar-refractivity contribution in [3.05, 3.63) is 29.8 Å². The molecule has 0 amide bonds. The molecule has 3 nitrogen and oxygen atoms in total. The molecule has 1 atom stereocenters. The number of ether oxygens (including phenoxy) is 1. The van der Waals surface area contributed by atoms with Crippen LogP contribution in [0.2, 0.25) is 0 Å². The van der Waals surface area contributed by atoms with Crippen molar-refractivity contribution in [3.63, 3.8) is 0 Å². The van der Waals surface area contributed by atoms with Crippen molar-refractivity contribution < 1.29 is 27.8 Å². The van der Waals surface area contributed by atoms with Crippen molar-refractivity contribution in [1.29, 1.82) is 0 Å². The fourth-order valence-corrected chi connectivity index (χ4v) is 2.54. The molecule has 0 radical (unpaired) electrons. The van der Waals surface area contributed by atoms with Gasteiger partial charge in [0.05, 0.1) is 5.41 Å². The number of carbonyl (C=O) groups is 1. The van der Waals surface area contributed by atoms with Gasteiger partial charge in [0, 0.05) is 0 Å². The van der Waals surface area contributed by atoms with Crippen LogP contribution < -0.4 is 4.74 Å². The topological polar surface area (TPSA) is 46.5 Å². The number of carboxylic acids is 1. The van der Waals surface area contributed by atoms with E-state index in [0.29, 0.717) is 12.0 Å². The summed E-state index contributed by atoms with van der Waals surface area (Å²) in [6, 6.07) is 5.04. The van der Waals surface area contributed by atoms with E-state index in [0.717, 1.165) is 12.1 Å². The lowest BCUT2D eigenvalue weighted by molar-refractivity contribution is -0.274. The van der Waals surface area contributed by atoms with Crippen LogP contribution in [0.1, 0.15) is 25.8 Å². The molecule has 0 heterocycles. The molecule has 0 saturated heterocycles. The number of halogens is 3. The molecule has 0 bridgehead atoms. The van der Waals surface area contributed by atoms with Crippen molar-refractivity contribution in [2.24, 2.45) is 5.41 Å². The number of aliphatic carboxylic acids is 1. The van der Waals surface area contributed by atoms with Crippen LogP contribution in [0.5, 0.6) is 5.75 Å². The maximum atomic E-state index is 12.0. The summed E-state index contributed by atoms with van der Waals surface area (Å²) in [4.78, 5) is 11.4. The van der Waals surface area contributed by atoms with E-state index in [9.17, 15) is 23.1 Å². The van der Waals surface area contributed by atoms with E-state index < -0.39 is 23.2 Å². The minimum absolute atomic E-state index is 0.352. The van der Waals surface area contributed by atoms with Gasteiger partial charge in [0.1, 0.15) is 5.75 Å². The third-order valence-corrected chi connectivity index (χ3v) is 3.68. The Morgan fingerprint density at radius 2 is 1.74 bits per heavy atom. The van der Waals surface area contributed by atoms with E-state index in [1.807, 2.05) is 13.8 Å². The highest BCUT2D eigenvalue weighted by molar-refractivity contribution is 5.87. The Balaban J connectivity index is 2.27. The number of benzene rings is 1. The lowest BCUT2D eigenvalue weighted by Crippen LogP contribution is -2.25. The minimum Gasteiger partial charge on any atom is -0.481 e. The second-order valence-corrected chi connectivity index (χ2v) is 5.34. The number of rotatable bonds is 3. The Bertz CT molecular complexity index is 505. The van der Waals surface area contributed by atoms with Gasteiger partial charge in [-0.15, -0.1) is 13.2 Å². The average Bonchev–Trinajstić information content (AvgIpc) is 2.82. The smallest absolute Gasteiger partial charge is 0.481 e. The Labute approximate surface area is 108 Å². The molecule has 1 aliphatic rings. The lowest BCUT2D eigenvalue weighted by atomic mass is 9.88. The summed E-state index contributed by atoms with van der Waals surface area (Å²) < 4.78 is 39.8. The summed E-state index contributed by atoms with van der Waals surface area (Å²) in [5.74, 6) is -1.31. The Morgan fingerprint density at radius 1 is 1.26 bits per heavy atom. The van der Waals surface area contributed by atoms with Gasteiger partial charge in [0.25, 0.3) is 0 Å². The number of hydrogen-bond acceptors (Lipinski definition) is 2. The molecule has 6 heteroatoms. The van der Waals surface area contributed by atoms with Gasteiger partial charge < -0.3 is 9.84 Å². The van der Waals surface area contributed by atoms with E-state index >= 15 is 0 Å². The molecule has 1 unspecified atom stereocenters. The van der Waals surface area contributed by atoms with Gasteiger partial charge in [0.2, 0.25) is 0 Å². The van der Waals surface area contributed by atoms with Gasteiger partial charge >= 0.3 is 12.3 Å². The SMILES string of the molecule is CC1(C)CC1(C(=O)O)c1ccc(OC(F)(F)F)cc1. The maximum absolute atomic E-state index is 12.0. The Morgan fingerprint density at radius 3 is 2.05 bits per heavy atom. The van der Waals surface area contributed by atoms with Gasteiger partial charge in [-0.1, -0.05) is 26.0 Å². The van der Waals surface area contributed by atoms with E-state index in [-0.39, 0.29) is 5.75 Å². The lowest BCUT2D eigenvalue weighted by Gasteiger charge is -2.17. The van der Waals surface area contributed by atoms with E-state index in [1.54, 1.807) is 0 Å². The number of carboxylic acid groups (broad SMARTS) is 1. The summed E-state index contributed by atoms with van der Waals surface area (Å²) in [6.07, 6.45) is -4.28. The van der Waals surface area contributed by atoms with E-state index in [2.05, 4.69) is 4.74 Å². The summed E-state index contributed by atoms with van der Waals surface area (Å²) >= 11 is 0. The molecular weight excluding hydrogens is 261 g/mol. The molecule has 1 N–H and O–H groups in total. The molecule has 2 rings (SSSR count). The fraction of sp³-hybridized carbons (Fsp3) is 0.462. The molecule has 1 saturated carbocycles. The van der Waals surface area contributed by atoms with Gasteiger partial charge in [-0.25, -0.2) is 0 Å². The summed E-state index contributed by atoms with van der Waals surface area (Å²) in [7, 11) is 0. The zero-order chi connectivity index (χ0) is 14.5. The molecule has 104 valence electrons. The van der Waals surface area contributed by atoms with Gasteiger partial charge in [0.15, 0.2) is 0 Å². The van der Waals surface area contributed by atoms with Crippen molar-refractivity contribution in [2.75, 3.05) is 0 Å². The van der Waals surface area contributed by atoms with Crippen LogP contribution in [-0.2, 0) is 10.2 Å². The largest absolute Gasteiger partial charge is 0.573 e. The number of alkyl halides is 3. The van der Waals surface area contributed by atoms with Crippen molar-refractivity contribution >= 4 is 5.97 Å². The summed E-state index contributed by atoms with van der Waals surface area (Å²) in [5.41, 5.74) is -0.908. The highest BCUT2D eigenvalue weighted by Crippen LogP contribution is 2.64. The predicted molar refractivity (Wildman–Crippen MR) is 60.8 cm³/mol. The van der Waals surface area contributed by atoms with Gasteiger partial charge in [-0.05, 0) is 29.5 Å². The van der Waals surface area contributed by atoms with Crippen LogP contribution in [0.3, 0.4) is 0 Å². The maximum Gasteiger partial charge on any atom is 0.573 e. The zero-order valence-corrected chi connectivity index (χ0v) is 10.4. The van der Waals surface area contributed by atoms with E-state index in [1.165, 1.54) is 12.1 Å². The first-order valence-corrected chi connectivity index (χ1v) is 5.68. The van der Waals surface area contributed by atoms with Crippen LogP contribution in [-0.4, -0.2) is 17.4 Å².